The first-order valence-electron chi connectivity index (χ1n) is 43.9. The predicted molar refractivity (Wildman–Crippen MR) is 477 cm³/mol. The molecule has 16 amide bonds. The summed E-state index contributed by atoms with van der Waals surface area (Å²) in [6.07, 6.45) is -3.22. The van der Waals surface area contributed by atoms with Crippen molar-refractivity contribution in [2.24, 2.45) is 74.5 Å². The van der Waals surface area contributed by atoms with E-state index in [2.05, 4.69) is 84.4 Å². The molecule has 0 aliphatic carbocycles. The van der Waals surface area contributed by atoms with Crippen LogP contribution in [0.1, 0.15) is 196 Å². The zero-order valence-electron chi connectivity index (χ0n) is 75.9. The van der Waals surface area contributed by atoms with E-state index in [1.54, 1.807) is 72.0 Å². The maximum Gasteiger partial charge on any atom is 0.326 e. The van der Waals surface area contributed by atoms with Gasteiger partial charge in [0, 0.05) is 42.9 Å². The Hall–Kier alpha value is -12.3. The first kappa shape index (κ1) is 115. The van der Waals surface area contributed by atoms with Crippen LogP contribution in [0.3, 0.4) is 0 Å². The Morgan fingerprint density at radius 1 is 0.397 bits per heavy atom. The van der Waals surface area contributed by atoms with Gasteiger partial charge < -0.3 is 151 Å². The van der Waals surface area contributed by atoms with E-state index in [1.165, 1.54) is 13.8 Å². The number of carboxylic acid groups (broad SMARTS) is 3. The van der Waals surface area contributed by atoms with Crippen molar-refractivity contribution in [2.45, 2.75) is 294 Å². The smallest absolute Gasteiger partial charge is 0.326 e. The van der Waals surface area contributed by atoms with E-state index in [-0.39, 0.29) is 102 Å². The van der Waals surface area contributed by atoms with Gasteiger partial charge in [-0.1, -0.05) is 86.4 Å². The lowest BCUT2D eigenvalue weighted by Crippen LogP contribution is -2.63. The molecule has 0 bridgehead atoms. The van der Waals surface area contributed by atoms with Gasteiger partial charge in [-0.2, -0.15) is 0 Å². The van der Waals surface area contributed by atoms with Crippen molar-refractivity contribution < 1.29 is 117 Å². The molecule has 736 valence electrons. The van der Waals surface area contributed by atoms with E-state index < -0.39 is 272 Å². The Labute approximate surface area is 759 Å². The van der Waals surface area contributed by atoms with Crippen molar-refractivity contribution in [1.29, 1.82) is 0 Å². The molecule has 48 nitrogen and oxygen atoms in total. The van der Waals surface area contributed by atoms with E-state index in [0.717, 1.165) is 6.92 Å². The highest BCUT2D eigenvalue weighted by molar-refractivity contribution is 6.02. The Morgan fingerprint density at radius 3 is 1.24 bits per heavy atom. The van der Waals surface area contributed by atoms with Gasteiger partial charge in [-0.05, 0) is 152 Å². The number of amides is 16. The molecule has 0 fully saturated rings. The number of aliphatic hydroxyl groups excluding tert-OH is 2. The van der Waals surface area contributed by atoms with E-state index in [9.17, 15) is 117 Å². The maximum atomic E-state index is 14.8. The second-order valence-corrected chi connectivity index (χ2v) is 33.5. The Morgan fingerprint density at radius 2 is 0.779 bits per heavy atom. The van der Waals surface area contributed by atoms with Gasteiger partial charge in [0.25, 0.3) is 0 Å². The topological polar surface area (TPSA) is 830 Å². The summed E-state index contributed by atoms with van der Waals surface area (Å²) < 4.78 is 0. The summed E-state index contributed by atoms with van der Waals surface area (Å²) in [5.74, 6) is -24.7. The SMILES string of the molecule is CC[C@H](C)[C@H](NC(=O)[C@H](CCC(N)=O)NC(=O)[C@H](CCCN=C(N)N)NC(=O)[C@H](CC(C)C)NC(=O)[C@@H](NC(=O)[C@H](CC(=O)O)NC(=O)[C@H](CC(N)=O)NC(=O)[C@H](Cc1c[nH]c2ccccc12)NC(=O)[C@@H](N)CCCCN)[C@@H](C)O)C(=O)N[C@H](C(=O)N[C@@H](CO)C(=O)N[C@@H](CCCCN)C(=O)N[C@@H](CC(C)C)C(=O)N[C@@H](CCCCN)C(=O)N[C@@H](CCC(=O)O)C(=O)O)C(C)C. The second-order valence-electron chi connectivity index (χ2n) is 33.5. The predicted octanol–water partition coefficient (Wildman–Crippen LogP) is -7.00. The van der Waals surface area contributed by atoms with E-state index in [0.29, 0.717) is 48.7 Å². The maximum absolute atomic E-state index is 14.8. The molecular formula is C83H140N24O24. The van der Waals surface area contributed by atoms with Crippen LogP contribution in [0.25, 0.3) is 10.9 Å². The quantitative estimate of drug-likeness (QED) is 0.0166. The molecule has 1 heterocycles. The zero-order valence-corrected chi connectivity index (χ0v) is 75.9. The molecule has 131 heavy (non-hydrogen) atoms. The van der Waals surface area contributed by atoms with Gasteiger partial charge in [0.05, 0.1) is 31.6 Å². The molecule has 48 heteroatoms. The number of carboxylic acids is 3. The van der Waals surface area contributed by atoms with Crippen LogP contribution >= 0.6 is 0 Å². The number of aliphatic imine (C=N–C) groups is 1. The number of aromatic amines is 1. The number of nitrogens with two attached hydrogens (primary N) is 8. The lowest BCUT2D eigenvalue weighted by atomic mass is 9.95. The number of unbranched alkanes of at least 4 members (excludes halogenated alkanes) is 3. The average Bonchev–Trinajstić information content (AvgIpc) is 1.70. The van der Waals surface area contributed by atoms with Crippen LogP contribution in [0.15, 0.2) is 35.5 Å². The number of nitrogens with zero attached hydrogens (tertiary/aromatic N) is 1. The number of hydrogen-bond donors (Lipinski definition) is 28. The summed E-state index contributed by atoms with van der Waals surface area (Å²) in [7, 11) is 0. The minimum Gasteiger partial charge on any atom is -0.481 e. The van der Waals surface area contributed by atoms with Crippen molar-refractivity contribution in [3.8, 4) is 0 Å². The fourth-order valence-corrected chi connectivity index (χ4v) is 13.5. The molecule has 1 aromatic heterocycles. The first-order chi connectivity index (χ1) is 61.6. The van der Waals surface area contributed by atoms with Gasteiger partial charge >= 0.3 is 17.9 Å². The molecule has 17 atom stereocenters. The minimum atomic E-state index is -2.16. The van der Waals surface area contributed by atoms with Crippen LogP contribution in [0.5, 0.6) is 0 Å². The van der Waals surface area contributed by atoms with Gasteiger partial charge in [-0.15, -0.1) is 0 Å². The van der Waals surface area contributed by atoms with Crippen LogP contribution in [0.4, 0.5) is 0 Å². The van der Waals surface area contributed by atoms with Gasteiger partial charge in [0.2, 0.25) is 94.5 Å². The third-order valence-electron chi connectivity index (χ3n) is 21.0. The minimum absolute atomic E-state index is 0.0446. The number of carbonyl (C=O) groups excluding carboxylic acids is 16. The number of aliphatic hydroxyl groups is 2. The second kappa shape index (κ2) is 59.8. The third-order valence-corrected chi connectivity index (χ3v) is 21.0. The molecule has 0 saturated carbocycles. The van der Waals surface area contributed by atoms with Crippen molar-refractivity contribution in [3.63, 3.8) is 0 Å². The van der Waals surface area contributed by atoms with Gasteiger partial charge in [0.1, 0.15) is 84.6 Å². The molecule has 0 saturated heterocycles. The van der Waals surface area contributed by atoms with E-state index in [1.807, 2.05) is 0 Å². The third kappa shape index (κ3) is 42.9. The lowest BCUT2D eigenvalue weighted by Gasteiger charge is -2.31. The summed E-state index contributed by atoms with van der Waals surface area (Å²) in [4.78, 5) is 268. The largest absolute Gasteiger partial charge is 0.481 e. The fraction of sp³-hybridized carbons (Fsp3) is 0.663. The number of rotatable bonds is 66. The van der Waals surface area contributed by atoms with Gasteiger partial charge in [-0.3, -0.25) is 91.3 Å². The summed E-state index contributed by atoms with van der Waals surface area (Å²) in [6, 6.07) is -17.8. The molecule has 2 aromatic rings. The van der Waals surface area contributed by atoms with Gasteiger partial charge in [0.15, 0.2) is 5.96 Å². The van der Waals surface area contributed by atoms with E-state index in [4.69, 9.17) is 45.9 Å². The number of H-pyrrole nitrogens is 1. The number of aromatic nitrogens is 1. The van der Waals surface area contributed by atoms with Gasteiger partial charge in [-0.25, -0.2) is 4.79 Å². The monoisotopic (exact) mass is 1860 g/mol. The number of aliphatic carboxylic acids is 3. The molecule has 0 radical (unpaired) electrons. The highest BCUT2D eigenvalue weighted by Crippen LogP contribution is 2.22. The van der Waals surface area contributed by atoms with Crippen LogP contribution in [0.2, 0.25) is 0 Å². The molecule has 0 aliphatic heterocycles. The summed E-state index contributed by atoms with van der Waals surface area (Å²) in [6.45, 7) is 13.3. The summed E-state index contributed by atoms with van der Waals surface area (Å²) >= 11 is 0. The average molecular weight is 1860 g/mol. The summed E-state index contributed by atoms with van der Waals surface area (Å²) in [5, 5.41) is 85.6. The van der Waals surface area contributed by atoms with Crippen LogP contribution < -0.4 is 120 Å². The Kier molecular flexibility index (Phi) is 52.4. The van der Waals surface area contributed by atoms with Crippen molar-refractivity contribution in [1.82, 2.24) is 79.4 Å². The number of para-hydroxylation sites is 1. The standard InChI is InChI=1S/C83H140N24O24/c1-10-44(8)66(80(128)105-65(43(6)7)79(127)104-60(40-108)78(126)96-51(24-15-18-32-86)71(119)100-55(34-41(2)3)73(121)94-50(23-14-17-31-85)70(118)98-54(82(130)131)27-29-63(112)113)106-72(120)53(26-28-61(88)110)97-69(117)52(25-19-33-92-83(90)91)95-74(122)56(35-42(4)5)103-81(129)67(45(9)109)107-77(125)59(38-64(114)115)102-76(124)58(37-62(89)111)101-75(123)57(99-68(116)48(87)21-13-16-30-84)36-46-39-93-49-22-12-11-20-47(46)49/h11-12,20,22,39,41-45,48,50-60,65-67,93,108-109H,10,13-19,21,23-38,40,84-87H2,1-9H3,(H2,88,110)(H2,89,111)(H,94,121)(H,95,122)(H,96,126)(H,97,117)(H,98,118)(H,99,116)(H,100,119)(H,101,123)(H,102,124)(H,103,129)(H,104,127)(H,105,128)(H,106,120)(H,107,125)(H,112,113)(H,114,115)(H,130,131)(H4,90,91,92)/t44-,45+,48-,50-,51-,52-,53-,54-,55-,56-,57-,58-,59-,60-,65-,66-,67-/m0/s1. The number of hydrogen-bond acceptors (Lipinski definition) is 26. The van der Waals surface area contributed by atoms with Crippen LogP contribution in [-0.2, 0) is 97.5 Å². The number of primary amides is 2. The molecule has 1 aromatic carbocycles. The number of fused-ring (bicyclic) bond motifs is 1. The summed E-state index contributed by atoms with van der Waals surface area (Å²) in [5.41, 5.74) is 46.7. The van der Waals surface area contributed by atoms with E-state index >= 15 is 0 Å². The Balaban J connectivity index is 2.55. The molecule has 0 aliphatic rings. The van der Waals surface area contributed by atoms with Crippen molar-refractivity contribution in [3.05, 3.63) is 36.0 Å². The lowest BCUT2D eigenvalue weighted by molar-refractivity contribution is -0.144. The first-order valence-corrected chi connectivity index (χ1v) is 43.9. The zero-order chi connectivity index (χ0) is 99.1. The number of carbonyl (C=O) groups is 19. The van der Waals surface area contributed by atoms with Crippen molar-refractivity contribution in [2.75, 3.05) is 32.8 Å². The molecule has 0 unspecified atom stereocenters. The highest BCUT2D eigenvalue weighted by atomic mass is 16.4. The molecular weight excluding hydrogens is 1720 g/mol. The molecule has 0 spiro atoms. The van der Waals surface area contributed by atoms with Crippen LogP contribution in [-0.4, -0.2) is 278 Å². The van der Waals surface area contributed by atoms with Crippen molar-refractivity contribution >= 4 is 129 Å². The highest BCUT2D eigenvalue weighted by Gasteiger charge is 2.41. The normalized spacial score (nSPS) is 15.2. The van der Waals surface area contributed by atoms with Crippen LogP contribution in [0, 0.1) is 23.7 Å². The molecule has 2 rings (SSSR count). The number of benzene rings is 1. The number of guanidine groups is 1. The molecule has 36 N–H and O–H groups in total. The fourth-order valence-electron chi connectivity index (χ4n) is 13.5. The Bertz CT molecular complexity index is 4180. The number of nitrogens with one attached hydrogen (secondary N) is 15.